The van der Waals surface area contributed by atoms with Gasteiger partial charge in [-0.3, -0.25) is 0 Å². The van der Waals surface area contributed by atoms with Crippen LogP contribution in [0.3, 0.4) is 0 Å². The topological polar surface area (TPSA) is 83.6 Å². The van der Waals surface area contributed by atoms with Crippen molar-refractivity contribution in [3.8, 4) is 5.75 Å². The number of benzene rings is 1. The van der Waals surface area contributed by atoms with Crippen LogP contribution in [0.4, 0.5) is 0 Å². The average Bonchev–Trinajstić information content (AvgIpc) is 2.20. The van der Waals surface area contributed by atoms with Crippen molar-refractivity contribution in [1.82, 2.24) is 0 Å². The minimum Gasteiger partial charge on any atom is -0.506 e. The Hall–Kier alpha value is -1.04. The molecule has 0 fully saturated rings. The maximum atomic E-state index is 11.1. The SMILES string of the molecule is C=C(C)C[C@H](N)c1c(C(=O)O)ccc(Br)c1O.Cl. The second-order valence-electron chi connectivity index (χ2n) is 3.93. The first-order chi connectivity index (χ1) is 7.84. The molecule has 0 spiro atoms. The molecule has 0 heterocycles. The number of aromatic carboxylic acids is 1. The van der Waals surface area contributed by atoms with Gasteiger partial charge in [0.15, 0.2) is 0 Å². The van der Waals surface area contributed by atoms with E-state index in [9.17, 15) is 9.90 Å². The van der Waals surface area contributed by atoms with Crippen LogP contribution in [0.5, 0.6) is 5.75 Å². The zero-order valence-electron chi connectivity index (χ0n) is 9.81. The molecule has 6 heteroatoms. The van der Waals surface area contributed by atoms with Gasteiger partial charge in [-0.05, 0) is 41.4 Å². The summed E-state index contributed by atoms with van der Waals surface area (Å²) in [5.41, 5.74) is 6.97. The zero-order valence-corrected chi connectivity index (χ0v) is 12.2. The first-order valence-corrected chi connectivity index (χ1v) is 5.78. The number of rotatable bonds is 4. The summed E-state index contributed by atoms with van der Waals surface area (Å²) in [6.45, 7) is 5.53. The molecule has 1 atom stereocenters. The highest BCUT2D eigenvalue weighted by atomic mass is 79.9. The molecule has 18 heavy (non-hydrogen) atoms. The van der Waals surface area contributed by atoms with E-state index in [1.54, 1.807) is 6.92 Å². The van der Waals surface area contributed by atoms with Crippen LogP contribution >= 0.6 is 28.3 Å². The van der Waals surface area contributed by atoms with E-state index in [4.69, 9.17) is 10.8 Å². The Morgan fingerprint density at radius 2 is 2.11 bits per heavy atom. The van der Waals surface area contributed by atoms with Gasteiger partial charge >= 0.3 is 5.97 Å². The maximum Gasteiger partial charge on any atom is 0.336 e. The Morgan fingerprint density at radius 3 is 2.56 bits per heavy atom. The summed E-state index contributed by atoms with van der Waals surface area (Å²) >= 11 is 3.14. The van der Waals surface area contributed by atoms with Crippen molar-refractivity contribution >= 4 is 34.3 Å². The lowest BCUT2D eigenvalue weighted by Gasteiger charge is -2.17. The van der Waals surface area contributed by atoms with Gasteiger partial charge in [-0.15, -0.1) is 19.0 Å². The van der Waals surface area contributed by atoms with Gasteiger partial charge in [0.2, 0.25) is 0 Å². The average molecular weight is 337 g/mol. The molecule has 1 aromatic carbocycles. The van der Waals surface area contributed by atoms with E-state index in [0.29, 0.717) is 10.9 Å². The molecule has 0 amide bonds. The van der Waals surface area contributed by atoms with Crippen LogP contribution in [0.25, 0.3) is 0 Å². The smallest absolute Gasteiger partial charge is 0.336 e. The quantitative estimate of drug-likeness (QED) is 0.737. The summed E-state index contributed by atoms with van der Waals surface area (Å²) in [6, 6.07) is 2.31. The Bertz CT molecular complexity index is 477. The first kappa shape index (κ1) is 17.0. The van der Waals surface area contributed by atoms with E-state index < -0.39 is 12.0 Å². The number of aromatic hydroxyl groups is 1. The second kappa shape index (κ2) is 6.78. The standard InChI is InChI=1S/C12H14BrNO3.ClH/c1-6(2)5-9(14)10-7(12(16)17)3-4-8(13)11(10)15;/h3-4,9,15H,1,5,14H2,2H3,(H,16,17);1H/t9-;/m0./s1. The van der Waals surface area contributed by atoms with Crippen LogP contribution in [0.1, 0.15) is 35.3 Å². The van der Waals surface area contributed by atoms with Crippen LogP contribution in [-0.2, 0) is 0 Å². The maximum absolute atomic E-state index is 11.1. The number of hydrogen-bond acceptors (Lipinski definition) is 3. The molecule has 0 radical (unpaired) electrons. The van der Waals surface area contributed by atoms with Gasteiger partial charge in [0, 0.05) is 11.6 Å². The number of carboxylic acid groups (broad SMARTS) is 1. The molecule has 0 unspecified atom stereocenters. The normalized spacial score (nSPS) is 11.5. The molecule has 0 aliphatic rings. The number of phenolic OH excluding ortho intramolecular Hbond substituents is 1. The van der Waals surface area contributed by atoms with Gasteiger partial charge in [0.1, 0.15) is 5.75 Å². The van der Waals surface area contributed by atoms with Gasteiger partial charge in [-0.25, -0.2) is 4.79 Å². The van der Waals surface area contributed by atoms with Crippen molar-refractivity contribution in [1.29, 1.82) is 0 Å². The summed E-state index contributed by atoms with van der Waals surface area (Å²) in [7, 11) is 0. The van der Waals surface area contributed by atoms with Crippen LogP contribution < -0.4 is 5.73 Å². The molecule has 0 saturated carbocycles. The number of carboxylic acids is 1. The fourth-order valence-electron chi connectivity index (χ4n) is 1.62. The number of carbonyl (C=O) groups is 1. The summed E-state index contributed by atoms with van der Waals surface area (Å²) in [6.07, 6.45) is 0.421. The fraction of sp³-hybridized carbons (Fsp3) is 0.250. The Kier molecular flexibility index (Phi) is 6.38. The third-order valence-electron chi connectivity index (χ3n) is 2.34. The van der Waals surface area contributed by atoms with Gasteiger partial charge in [-0.1, -0.05) is 5.57 Å². The van der Waals surface area contributed by atoms with Crippen LogP contribution in [0.2, 0.25) is 0 Å². The first-order valence-electron chi connectivity index (χ1n) is 4.99. The van der Waals surface area contributed by atoms with Crippen molar-refractivity contribution in [2.75, 3.05) is 0 Å². The minimum absolute atomic E-state index is 0. The molecule has 1 rings (SSSR count). The Balaban J connectivity index is 0.00000289. The molecule has 0 aromatic heterocycles. The lowest BCUT2D eigenvalue weighted by atomic mass is 9.95. The number of nitrogens with two attached hydrogens (primary N) is 1. The van der Waals surface area contributed by atoms with Crippen molar-refractivity contribution in [2.24, 2.45) is 5.73 Å². The lowest BCUT2D eigenvalue weighted by Crippen LogP contribution is -2.15. The fourth-order valence-corrected chi connectivity index (χ4v) is 1.97. The number of halogens is 2. The van der Waals surface area contributed by atoms with Crippen molar-refractivity contribution in [2.45, 2.75) is 19.4 Å². The summed E-state index contributed by atoms with van der Waals surface area (Å²) in [5.74, 6) is -1.24. The van der Waals surface area contributed by atoms with E-state index >= 15 is 0 Å². The molecule has 4 nitrogen and oxygen atoms in total. The van der Waals surface area contributed by atoms with E-state index in [0.717, 1.165) is 5.57 Å². The Morgan fingerprint density at radius 1 is 1.56 bits per heavy atom. The van der Waals surface area contributed by atoms with Gasteiger partial charge in [0.05, 0.1) is 10.0 Å². The van der Waals surface area contributed by atoms with E-state index in [2.05, 4.69) is 22.5 Å². The van der Waals surface area contributed by atoms with Gasteiger partial charge < -0.3 is 15.9 Å². The molecule has 100 valence electrons. The van der Waals surface area contributed by atoms with E-state index in [1.165, 1.54) is 12.1 Å². The van der Waals surface area contributed by atoms with Crippen LogP contribution in [0.15, 0.2) is 28.8 Å². The molecular weight excluding hydrogens is 321 g/mol. The zero-order chi connectivity index (χ0) is 13.2. The summed E-state index contributed by atoms with van der Waals surface area (Å²) in [4.78, 5) is 11.1. The van der Waals surface area contributed by atoms with Crippen molar-refractivity contribution in [3.63, 3.8) is 0 Å². The second-order valence-corrected chi connectivity index (χ2v) is 4.78. The van der Waals surface area contributed by atoms with Crippen LogP contribution in [0, 0.1) is 0 Å². The molecule has 4 N–H and O–H groups in total. The summed E-state index contributed by atoms with van der Waals surface area (Å²) in [5, 5.41) is 19.0. The molecule has 0 saturated heterocycles. The molecule has 0 aliphatic carbocycles. The molecular formula is C12H15BrClNO3. The molecule has 1 aromatic rings. The van der Waals surface area contributed by atoms with Gasteiger partial charge in [0.25, 0.3) is 0 Å². The summed E-state index contributed by atoms with van der Waals surface area (Å²) < 4.78 is 0.426. The van der Waals surface area contributed by atoms with Gasteiger partial charge in [-0.2, -0.15) is 0 Å². The molecule has 0 aliphatic heterocycles. The molecule has 0 bridgehead atoms. The van der Waals surface area contributed by atoms with Crippen molar-refractivity contribution in [3.05, 3.63) is 39.9 Å². The highest BCUT2D eigenvalue weighted by Crippen LogP contribution is 2.35. The third-order valence-corrected chi connectivity index (χ3v) is 2.98. The predicted molar refractivity (Wildman–Crippen MR) is 76.4 cm³/mol. The van der Waals surface area contributed by atoms with Crippen molar-refractivity contribution < 1.29 is 15.0 Å². The number of hydrogen-bond donors (Lipinski definition) is 3. The monoisotopic (exact) mass is 335 g/mol. The van der Waals surface area contributed by atoms with E-state index in [-0.39, 0.29) is 29.3 Å². The predicted octanol–water partition coefficient (Wildman–Crippen LogP) is 3.24. The largest absolute Gasteiger partial charge is 0.506 e. The Labute approximate surface area is 120 Å². The van der Waals surface area contributed by atoms with E-state index in [1.807, 2.05) is 0 Å². The highest BCUT2D eigenvalue weighted by Gasteiger charge is 2.21. The van der Waals surface area contributed by atoms with Crippen LogP contribution in [-0.4, -0.2) is 16.2 Å². The minimum atomic E-state index is -1.11. The number of phenols is 1. The highest BCUT2D eigenvalue weighted by molar-refractivity contribution is 9.10. The lowest BCUT2D eigenvalue weighted by molar-refractivity contribution is 0.0694. The third kappa shape index (κ3) is 3.73.